The van der Waals surface area contributed by atoms with Crippen molar-refractivity contribution in [2.75, 3.05) is 5.73 Å². The highest BCUT2D eigenvalue weighted by Crippen LogP contribution is 2.39. The molecule has 4 nitrogen and oxygen atoms in total. The number of carbonyl (C=O) groups excluding carboxylic acids is 1. The Morgan fingerprint density at radius 2 is 1.86 bits per heavy atom. The van der Waals surface area contributed by atoms with Gasteiger partial charge in [-0.1, -0.05) is 29.3 Å². The molecule has 0 atom stereocenters. The van der Waals surface area contributed by atoms with E-state index in [2.05, 4.69) is 4.37 Å². The number of rotatable bonds is 2. The monoisotopic (exact) mass is 344 g/mol. The van der Waals surface area contributed by atoms with Crippen molar-refractivity contribution < 1.29 is 9.53 Å². The van der Waals surface area contributed by atoms with Crippen LogP contribution in [0.3, 0.4) is 0 Å². The van der Waals surface area contributed by atoms with Crippen molar-refractivity contribution in [3.05, 3.63) is 33.1 Å². The zero-order valence-electron chi connectivity index (χ0n) is 11.7. The maximum atomic E-state index is 12.1. The van der Waals surface area contributed by atoms with E-state index in [-0.39, 0.29) is 10.6 Å². The van der Waals surface area contributed by atoms with Gasteiger partial charge in [0.2, 0.25) is 0 Å². The molecule has 7 heteroatoms. The van der Waals surface area contributed by atoms with Crippen LogP contribution in [0, 0.1) is 0 Å². The van der Waals surface area contributed by atoms with Gasteiger partial charge in [-0.15, -0.1) is 0 Å². The molecule has 112 valence electrons. The van der Waals surface area contributed by atoms with Crippen LogP contribution in [-0.2, 0) is 4.74 Å². The molecule has 1 heterocycles. The van der Waals surface area contributed by atoms with E-state index in [9.17, 15) is 4.79 Å². The maximum absolute atomic E-state index is 12.1. The molecule has 0 saturated heterocycles. The molecule has 0 spiro atoms. The smallest absolute Gasteiger partial charge is 0.352 e. The SMILES string of the molecule is CC(C)(C)OC(=O)c1snc(-c2c(Cl)cccc2Cl)c1N. The molecular formula is C14H14Cl2N2O2S. The number of halogens is 2. The molecule has 0 saturated carbocycles. The molecule has 0 unspecified atom stereocenters. The first kappa shape index (κ1) is 16.1. The number of esters is 1. The van der Waals surface area contributed by atoms with Gasteiger partial charge in [-0.25, -0.2) is 4.79 Å². The summed E-state index contributed by atoms with van der Waals surface area (Å²) in [6.07, 6.45) is 0. The highest BCUT2D eigenvalue weighted by molar-refractivity contribution is 7.09. The molecule has 0 aliphatic heterocycles. The molecule has 0 amide bonds. The van der Waals surface area contributed by atoms with Crippen LogP contribution in [0.5, 0.6) is 0 Å². The largest absolute Gasteiger partial charge is 0.456 e. The summed E-state index contributed by atoms with van der Waals surface area (Å²) in [5, 5.41) is 0.852. The fourth-order valence-corrected chi connectivity index (χ4v) is 2.93. The Hall–Kier alpha value is -1.30. The first-order chi connectivity index (χ1) is 9.70. The van der Waals surface area contributed by atoms with Crippen LogP contribution in [0.1, 0.15) is 30.4 Å². The normalized spacial score (nSPS) is 11.5. The van der Waals surface area contributed by atoms with E-state index in [1.165, 1.54) is 0 Å². The van der Waals surface area contributed by atoms with Gasteiger partial charge in [-0.05, 0) is 44.4 Å². The van der Waals surface area contributed by atoms with Gasteiger partial charge in [-0.3, -0.25) is 0 Å². The van der Waals surface area contributed by atoms with Crippen LogP contribution in [-0.4, -0.2) is 15.9 Å². The van der Waals surface area contributed by atoms with Crippen molar-refractivity contribution in [1.82, 2.24) is 4.37 Å². The molecule has 1 aromatic heterocycles. The number of hydrogen-bond acceptors (Lipinski definition) is 5. The van der Waals surface area contributed by atoms with E-state index in [4.69, 9.17) is 33.7 Å². The molecule has 0 aliphatic rings. The van der Waals surface area contributed by atoms with Gasteiger partial charge < -0.3 is 10.5 Å². The highest BCUT2D eigenvalue weighted by atomic mass is 35.5. The summed E-state index contributed by atoms with van der Waals surface area (Å²) in [5.41, 5.74) is 6.56. The lowest BCUT2D eigenvalue weighted by atomic mass is 10.1. The number of aromatic nitrogens is 1. The summed E-state index contributed by atoms with van der Waals surface area (Å²) >= 11 is 13.2. The van der Waals surface area contributed by atoms with Crippen molar-refractivity contribution in [2.24, 2.45) is 0 Å². The second kappa shape index (κ2) is 5.83. The Bertz CT molecular complexity index is 673. The number of nitrogens with two attached hydrogens (primary N) is 1. The van der Waals surface area contributed by atoms with Crippen LogP contribution < -0.4 is 5.73 Å². The van der Waals surface area contributed by atoms with Crippen molar-refractivity contribution in [3.63, 3.8) is 0 Å². The molecule has 0 fully saturated rings. The summed E-state index contributed by atoms with van der Waals surface area (Å²) < 4.78 is 9.51. The number of ether oxygens (including phenoxy) is 1. The average molecular weight is 345 g/mol. The Morgan fingerprint density at radius 1 is 1.29 bits per heavy atom. The predicted octanol–water partition coefficient (Wildman–Crippen LogP) is 4.65. The Kier molecular flexibility index (Phi) is 4.46. The van der Waals surface area contributed by atoms with Gasteiger partial charge in [0, 0.05) is 5.56 Å². The molecule has 2 aromatic rings. The lowest BCUT2D eigenvalue weighted by Crippen LogP contribution is -2.23. The maximum Gasteiger partial charge on any atom is 0.352 e. The minimum Gasteiger partial charge on any atom is -0.456 e. The molecule has 0 bridgehead atoms. The van der Waals surface area contributed by atoms with E-state index in [0.29, 0.717) is 21.3 Å². The lowest BCUT2D eigenvalue weighted by Gasteiger charge is -2.18. The van der Waals surface area contributed by atoms with Gasteiger partial charge in [0.25, 0.3) is 0 Å². The third-order valence-corrected chi connectivity index (χ3v) is 3.98. The molecule has 0 aliphatic carbocycles. The minimum atomic E-state index is -0.601. The molecule has 1 aromatic carbocycles. The van der Waals surface area contributed by atoms with Crippen LogP contribution >= 0.6 is 34.7 Å². The third kappa shape index (κ3) is 3.48. The van der Waals surface area contributed by atoms with Crippen molar-refractivity contribution in [1.29, 1.82) is 0 Å². The third-order valence-electron chi connectivity index (χ3n) is 2.51. The van der Waals surface area contributed by atoms with E-state index in [1.54, 1.807) is 39.0 Å². The summed E-state index contributed by atoms with van der Waals surface area (Å²) in [6.45, 7) is 5.36. The van der Waals surface area contributed by atoms with Crippen molar-refractivity contribution >= 4 is 46.4 Å². The zero-order chi connectivity index (χ0) is 15.8. The quantitative estimate of drug-likeness (QED) is 0.805. The van der Waals surface area contributed by atoms with E-state index >= 15 is 0 Å². The fraction of sp³-hybridized carbons (Fsp3) is 0.286. The lowest BCUT2D eigenvalue weighted by molar-refractivity contribution is 0.00764. The number of nitrogen functional groups attached to an aromatic ring is 1. The molecule has 2 N–H and O–H groups in total. The zero-order valence-corrected chi connectivity index (χ0v) is 14.1. The number of benzene rings is 1. The number of carbonyl (C=O) groups is 1. The molecule has 2 rings (SSSR count). The van der Waals surface area contributed by atoms with Gasteiger partial charge in [0.05, 0.1) is 15.7 Å². The Balaban J connectivity index is 2.44. The number of hydrogen-bond donors (Lipinski definition) is 1. The number of nitrogens with zero attached hydrogens (tertiary/aromatic N) is 1. The standard InChI is InChI=1S/C14H14Cl2N2O2S/c1-14(2,3)20-13(19)12-10(17)11(18-21-12)9-7(15)5-4-6-8(9)16/h4-6H,17H2,1-3H3. The van der Waals surface area contributed by atoms with Gasteiger partial charge in [0.15, 0.2) is 4.88 Å². The van der Waals surface area contributed by atoms with Crippen LogP contribution in [0.15, 0.2) is 18.2 Å². The topological polar surface area (TPSA) is 65.2 Å². The molecular weight excluding hydrogens is 331 g/mol. The highest BCUT2D eigenvalue weighted by Gasteiger charge is 2.25. The van der Waals surface area contributed by atoms with E-state index in [0.717, 1.165) is 11.5 Å². The van der Waals surface area contributed by atoms with E-state index in [1.807, 2.05) is 0 Å². The van der Waals surface area contributed by atoms with Crippen LogP contribution in [0.25, 0.3) is 11.3 Å². The second-order valence-corrected chi connectivity index (χ2v) is 6.96. The van der Waals surface area contributed by atoms with Crippen molar-refractivity contribution in [3.8, 4) is 11.3 Å². The Labute approximate surface area is 137 Å². The summed E-state index contributed by atoms with van der Waals surface area (Å²) in [6, 6.07) is 5.11. The fourth-order valence-electron chi connectivity index (χ4n) is 1.67. The first-order valence-corrected chi connectivity index (χ1v) is 7.66. The van der Waals surface area contributed by atoms with Gasteiger partial charge >= 0.3 is 5.97 Å². The predicted molar refractivity (Wildman–Crippen MR) is 87.2 cm³/mol. The number of anilines is 1. The van der Waals surface area contributed by atoms with Crippen molar-refractivity contribution in [2.45, 2.75) is 26.4 Å². The van der Waals surface area contributed by atoms with Gasteiger partial charge in [-0.2, -0.15) is 4.37 Å². The van der Waals surface area contributed by atoms with Crippen LogP contribution in [0.4, 0.5) is 5.69 Å². The van der Waals surface area contributed by atoms with E-state index < -0.39 is 11.6 Å². The minimum absolute atomic E-state index is 0.226. The summed E-state index contributed by atoms with van der Waals surface area (Å²) in [7, 11) is 0. The summed E-state index contributed by atoms with van der Waals surface area (Å²) in [5.74, 6) is -0.507. The Morgan fingerprint density at radius 3 is 2.38 bits per heavy atom. The van der Waals surface area contributed by atoms with Crippen LogP contribution in [0.2, 0.25) is 10.0 Å². The summed E-state index contributed by atoms with van der Waals surface area (Å²) in [4.78, 5) is 12.3. The molecule has 21 heavy (non-hydrogen) atoms. The average Bonchev–Trinajstić information content (AvgIpc) is 2.69. The second-order valence-electron chi connectivity index (χ2n) is 5.37. The van der Waals surface area contributed by atoms with Gasteiger partial charge in [0.1, 0.15) is 11.3 Å². The first-order valence-electron chi connectivity index (χ1n) is 6.13. The molecule has 0 radical (unpaired) electrons.